The highest BCUT2D eigenvalue weighted by atomic mass is 16.4. The van der Waals surface area contributed by atoms with Gasteiger partial charge in [0.25, 0.3) is 0 Å². The van der Waals surface area contributed by atoms with Crippen LogP contribution in [-0.2, 0) is 9.59 Å². The molecule has 1 amide bonds. The van der Waals surface area contributed by atoms with Crippen LogP contribution in [0.1, 0.15) is 6.92 Å². The number of nitrogens with one attached hydrogen (secondary N) is 1. The molecule has 0 fully saturated rings. The normalized spacial score (nSPS) is 9.86. The molecule has 0 aromatic carbocycles. The number of likely N-dealkylation sites (N-methyl/N-ethyl adjacent to an activating group) is 1. The quantitative estimate of drug-likeness (QED) is 0.553. The largest absolute Gasteiger partial charge is 0.480 e. The summed E-state index contributed by atoms with van der Waals surface area (Å²) >= 11 is 0. The van der Waals surface area contributed by atoms with E-state index in [9.17, 15) is 9.59 Å². The minimum Gasteiger partial charge on any atom is -0.480 e. The second-order valence-corrected chi connectivity index (χ2v) is 2.79. The van der Waals surface area contributed by atoms with E-state index in [1.807, 2.05) is 6.92 Å². The summed E-state index contributed by atoms with van der Waals surface area (Å²) in [6.45, 7) is 6.20. The third-order valence-electron chi connectivity index (χ3n) is 1.62. The monoisotopic (exact) mass is 200 g/mol. The Hall–Kier alpha value is -1.36. The Morgan fingerprint density at radius 3 is 2.57 bits per heavy atom. The number of aliphatic carboxylic acids is 1. The maximum absolute atomic E-state index is 11.2. The summed E-state index contributed by atoms with van der Waals surface area (Å²) in [5.74, 6) is -1.11. The second-order valence-electron chi connectivity index (χ2n) is 2.79. The maximum Gasteiger partial charge on any atom is 0.317 e. The van der Waals surface area contributed by atoms with Gasteiger partial charge in [0.05, 0.1) is 13.1 Å². The maximum atomic E-state index is 11.2. The number of carboxylic acids is 1. The summed E-state index contributed by atoms with van der Waals surface area (Å²) in [6, 6.07) is 0. The second kappa shape index (κ2) is 7.08. The number of hydrogen-bond donors (Lipinski definition) is 2. The van der Waals surface area contributed by atoms with Crippen LogP contribution in [0.15, 0.2) is 12.7 Å². The molecular formula is C9H16N2O3. The van der Waals surface area contributed by atoms with Crippen molar-refractivity contribution in [1.29, 1.82) is 0 Å². The Balaban J connectivity index is 3.85. The van der Waals surface area contributed by atoms with Crippen LogP contribution < -0.4 is 5.32 Å². The van der Waals surface area contributed by atoms with Crippen molar-refractivity contribution in [3.05, 3.63) is 12.7 Å². The highest BCUT2D eigenvalue weighted by molar-refractivity contribution is 5.79. The molecule has 0 aliphatic carbocycles. The topological polar surface area (TPSA) is 69.6 Å². The Labute approximate surface area is 83.4 Å². The van der Waals surface area contributed by atoms with Crippen molar-refractivity contribution in [1.82, 2.24) is 10.2 Å². The van der Waals surface area contributed by atoms with E-state index < -0.39 is 5.97 Å². The van der Waals surface area contributed by atoms with Gasteiger partial charge in [-0.1, -0.05) is 13.0 Å². The van der Waals surface area contributed by atoms with Gasteiger partial charge in [0, 0.05) is 6.54 Å². The van der Waals surface area contributed by atoms with Gasteiger partial charge in [-0.25, -0.2) is 0 Å². The smallest absolute Gasteiger partial charge is 0.317 e. The van der Waals surface area contributed by atoms with Crippen LogP contribution >= 0.6 is 0 Å². The third-order valence-corrected chi connectivity index (χ3v) is 1.62. The Morgan fingerprint density at radius 2 is 2.14 bits per heavy atom. The molecule has 0 saturated heterocycles. The highest BCUT2D eigenvalue weighted by Crippen LogP contribution is 1.86. The molecule has 0 spiro atoms. The van der Waals surface area contributed by atoms with E-state index >= 15 is 0 Å². The highest BCUT2D eigenvalue weighted by Gasteiger charge is 2.10. The molecule has 0 saturated carbocycles. The first-order chi connectivity index (χ1) is 6.60. The van der Waals surface area contributed by atoms with Gasteiger partial charge in [0.2, 0.25) is 5.91 Å². The van der Waals surface area contributed by atoms with Gasteiger partial charge >= 0.3 is 5.97 Å². The standard InChI is InChI=1S/C9H16N2O3/c1-3-5-10-8(12)6-11(4-2)7-9(13)14/h3H,1,4-7H2,2H3,(H,10,12)(H,13,14). The SMILES string of the molecule is C=CCNC(=O)CN(CC)CC(=O)O. The molecule has 0 heterocycles. The van der Waals surface area contributed by atoms with E-state index in [4.69, 9.17) is 5.11 Å². The number of carbonyl (C=O) groups excluding carboxylic acids is 1. The molecule has 0 unspecified atom stereocenters. The zero-order valence-electron chi connectivity index (χ0n) is 8.32. The predicted octanol–water partition coefficient (Wildman–Crippen LogP) is -0.305. The fourth-order valence-electron chi connectivity index (χ4n) is 0.916. The van der Waals surface area contributed by atoms with E-state index in [0.29, 0.717) is 13.1 Å². The zero-order chi connectivity index (χ0) is 11.0. The van der Waals surface area contributed by atoms with Crippen molar-refractivity contribution >= 4 is 11.9 Å². The van der Waals surface area contributed by atoms with E-state index in [0.717, 1.165) is 0 Å². The third kappa shape index (κ3) is 6.19. The van der Waals surface area contributed by atoms with Crippen LogP contribution in [0.25, 0.3) is 0 Å². The molecule has 2 N–H and O–H groups in total. The van der Waals surface area contributed by atoms with Crippen molar-refractivity contribution in [2.45, 2.75) is 6.92 Å². The fourth-order valence-corrected chi connectivity index (χ4v) is 0.916. The van der Waals surface area contributed by atoms with Crippen molar-refractivity contribution in [3.63, 3.8) is 0 Å². The van der Waals surface area contributed by atoms with Crippen LogP contribution in [0.4, 0.5) is 0 Å². The summed E-state index contributed by atoms with van der Waals surface area (Å²) in [6.07, 6.45) is 1.57. The summed E-state index contributed by atoms with van der Waals surface area (Å²) in [7, 11) is 0. The summed E-state index contributed by atoms with van der Waals surface area (Å²) in [5.41, 5.74) is 0. The molecule has 80 valence electrons. The lowest BCUT2D eigenvalue weighted by Gasteiger charge is -2.16. The van der Waals surface area contributed by atoms with Gasteiger partial charge in [-0.2, -0.15) is 0 Å². The van der Waals surface area contributed by atoms with E-state index in [1.165, 1.54) is 0 Å². The lowest BCUT2D eigenvalue weighted by atomic mass is 10.4. The molecule has 0 aliphatic heterocycles. The van der Waals surface area contributed by atoms with Crippen LogP contribution in [0.5, 0.6) is 0 Å². The summed E-state index contributed by atoms with van der Waals surface area (Å²) < 4.78 is 0. The molecule has 0 rings (SSSR count). The molecule has 0 atom stereocenters. The van der Waals surface area contributed by atoms with Crippen molar-refractivity contribution in [3.8, 4) is 0 Å². The van der Waals surface area contributed by atoms with Crippen LogP contribution in [0.3, 0.4) is 0 Å². The number of carbonyl (C=O) groups is 2. The molecule has 14 heavy (non-hydrogen) atoms. The fraction of sp³-hybridized carbons (Fsp3) is 0.556. The molecule has 0 radical (unpaired) electrons. The first-order valence-corrected chi connectivity index (χ1v) is 4.41. The van der Waals surface area contributed by atoms with Crippen molar-refractivity contribution in [2.75, 3.05) is 26.2 Å². The molecule has 5 nitrogen and oxygen atoms in total. The Kier molecular flexibility index (Phi) is 6.39. The van der Waals surface area contributed by atoms with Crippen molar-refractivity contribution in [2.24, 2.45) is 0 Å². The summed E-state index contributed by atoms with van der Waals surface area (Å²) in [5, 5.41) is 11.1. The molecule has 0 bridgehead atoms. The van der Waals surface area contributed by atoms with Gasteiger partial charge in [0.1, 0.15) is 0 Å². The van der Waals surface area contributed by atoms with Crippen LogP contribution in [0.2, 0.25) is 0 Å². The first-order valence-electron chi connectivity index (χ1n) is 4.41. The molecular weight excluding hydrogens is 184 g/mol. The predicted molar refractivity (Wildman–Crippen MR) is 53.0 cm³/mol. The number of carboxylic acid groups (broad SMARTS) is 1. The van der Waals surface area contributed by atoms with Gasteiger partial charge in [-0.15, -0.1) is 6.58 Å². The van der Waals surface area contributed by atoms with Gasteiger partial charge in [0.15, 0.2) is 0 Å². The minimum atomic E-state index is -0.927. The zero-order valence-corrected chi connectivity index (χ0v) is 8.32. The van der Waals surface area contributed by atoms with E-state index in [1.54, 1.807) is 11.0 Å². The molecule has 5 heteroatoms. The minimum absolute atomic E-state index is 0.108. The number of amides is 1. The van der Waals surface area contributed by atoms with Gasteiger partial charge < -0.3 is 10.4 Å². The Morgan fingerprint density at radius 1 is 1.50 bits per heavy atom. The average molecular weight is 200 g/mol. The van der Waals surface area contributed by atoms with E-state index in [2.05, 4.69) is 11.9 Å². The Bertz CT molecular complexity index is 216. The van der Waals surface area contributed by atoms with Gasteiger partial charge in [-0.3, -0.25) is 14.5 Å². The lowest BCUT2D eigenvalue weighted by Crippen LogP contribution is -2.39. The van der Waals surface area contributed by atoms with E-state index in [-0.39, 0.29) is 19.0 Å². The summed E-state index contributed by atoms with van der Waals surface area (Å²) in [4.78, 5) is 23.1. The molecule has 0 aromatic rings. The van der Waals surface area contributed by atoms with Crippen molar-refractivity contribution < 1.29 is 14.7 Å². The molecule has 0 aromatic heterocycles. The average Bonchev–Trinajstić information content (AvgIpc) is 2.12. The number of hydrogen-bond acceptors (Lipinski definition) is 3. The lowest BCUT2D eigenvalue weighted by molar-refractivity contribution is -0.138. The first kappa shape index (κ1) is 12.6. The molecule has 0 aliphatic rings. The number of rotatable bonds is 7. The van der Waals surface area contributed by atoms with Crippen LogP contribution in [-0.4, -0.2) is 48.1 Å². The van der Waals surface area contributed by atoms with Crippen LogP contribution in [0, 0.1) is 0 Å². The van der Waals surface area contributed by atoms with Gasteiger partial charge in [-0.05, 0) is 6.54 Å². The number of nitrogens with zero attached hydrogens (tertiary/aromatic N) is 1.